The predicted molar refractivity (Wildman–Crippen MR) is 407 cm³/mol. The van der Waals surface area contributed by atoms with Crippen LogP contribution in [0.4, 0.5) is 0 Å². The zero-order valence-electron chi connectivity index (χ0n) is 71.7. The van der Waals surface area contributed by atoms with E-state index in [-0.39, 0.29) is 6.42 Å². The van der Waals surface area contributed by atoms with E-state index in [4.69, 9.17) is 118 Å². The molecule has 44 heterocycles. The molecule has 0 spiro atoms. The van der Waals surface area contributed by atoms with Gasteiger partial charge in [0.2, 0.25) is 0 Å². The van der Waals surface area contributed by atoms with Gasteiger partial charge in [-0.25, -0.2) is 0 Å². The van der Waals surface area contributed by atoms with Crippen molar-refractivity contribution in [3.63, 3.8) is 0 Å². The van der Waals surface area contributed by atoms with E-state index in [1.165, 1.54) is 6.92 Å². The highest BCUT2D eigenvalue weighted by Gasteiger charge is 2.64. The minimum absolute atomic E-state index is 0.102. The second-order valence-corrected chi connectivity index (χ2v) is 34.7. The minimum Gasteiger partial charge on any atom is -0.394 e. The normalized spacial score (nSPS) is 54.3. The highest BCUT2D eigenvalue weighted by atomic mass is 16.8. The summed E-state index contributed by atoms with van der Waals surface area (Å²) in [5.41, 5.74) is 0. The van der Waals surface area contributed by atoms with Crippen LogP contribution in [0.5, 0.6) is 0 Å². The number of rotatable bonds is 15. The van der Waals surface area contributed by atoms with Crippen molar-refractivity contribution in [1.82, 2.24) is 0 Å². The average Bonchev–Trinajstić information content (AvgIpc) is 0.805. The van der Waals surface area contributed by atoms with Crippen molar-refractivity contribution < 1.29 is 302 Å². The third kappa shape index (κ3) is 22.5. The third-order valence-electron chi connectivity index (χ3n) is 26.0. The molecule has 44 fully saturated rings. The van der Waals surface area contributed by atoms with E-state index in [1.807, 2.05) is 0 Å². The molecule has 61 atom stereocenters. The molecular weight excluding hydrogens is 1880 g/mol. The monoisotopic (exact) mass is 2000 g/mol. The van der Waals surface area contributed by atoms with Gasteiger partial charge in [-0.2, -0.15) is 0 Å². The second-order valence-electron chi connectivity index (χ2n) is 34.7. The summed E-state index contributed by atoms with van der Waals surface area (Å²) < 4.78 is 142. The Labute approximate surface area is 767 Å². The molecule has 44 aliphatic heterocycles. The first-order chi connectivity index (χ1) is 64.8. The standard InChI is InChI=1S/C39H66O31.C36H60O30/c1-2-15(46)64-33-26(57)39-63-14(8-45)32(33)70-38-25(56)20(51)30(12(6-43)62-38)68-36-23(54)18(49)28(10(4-41)60-36)66-34-21(52)16(47)27(9(3-40)58-34)65-35-22(53)17(48)29(11(5-42)59-35)67-37-24(55)19(50)31(69-39)13(7-44)61-37;37-1-7-25-13(43)19(49)31(55-7)62-26-8(2-38)57-33(21(51)15(26)45)64-28-10(4-40)59-35(23(53)17(28)47)66-30-12(6-42)60-36(24(54)18(30)48)65-29-11(5-41)58-34(22(52)16(29)46)63-27-9(3-39)56-32(61-25)20(50)14(27)44/h9-57H,2-8H2,1H3;7-54H,1-6H2/t9-,10-,11-,12-,13-,14-,15?,16-,17-,18-,19-,20-,21-,22-,23-,24-,25-,26-,27-,28-,29-,30-,31-,32+,33-,34-,35-,36-,37-,38-,39-;7-,8-,9-,10-,11-,12-,13-,14-,15-,16-,17-,18-,19-,20-,21-,22-,23-,24-,25-,26-,27-,28-,29-,30-,31-,32-,33-,34-,35-,36-/m11/s1. The van der Waals surface area contributed by atoms with Gasteiger partial charge >= 0.3 is 0 Å². The van der Waals surface area contributed by atoms with Gasteiger partial charge in [-0.15, -0.1) is 0 Å². The summed E-state index contributed by atoms with van der Waals surface area (Å²) in [6.07, 6.45) is -119. The average molecular weight is 2000 g/mol. The fourth-order valence-electron chi connectivity index (χ4n) is 18.3. The van der Waals surface area contributed by atoms with Crippen molar-refractivity contribution in [2.24, 2.45) is 0 Å². The maximum Gasteiger partial charge on any atom is 0.187 e. The van der Waals surface area contributed by atoms with Crippen LogP contribution in [-0.4, -0.2) is 638 Å². The third-order valence-corrected chi connectivity index (χ3v) is 26.0. The summed E-state index contributed by atoms with van der Waals surface area (Å²) in [5.74, 6) is 0. The Morgan fingerprint density at radius 1 is 0.154 bits per heavy atom. The molecule has 61 heteroatoms. The van der Waals surface area contributed by atoms with Gasteiger partial charge in [0.1, 0.15) is 293 Å². The van der Waals surface area contributed by atoms with Gasteiger partial charge in [-0.1, -0.05) is 6.92 Å². The summed E-state index contributed by atoms with van der Waals surface area (Å²) in [7, 11) is 0. The Morgan fingerprint density at radius 2 is 0.257 bits per heavy atom. The van der Waals surface area contributed by atoms with E-state index < -0.39 is 454 Å². The molecule has 61 nitrogen and oxygen atoms in total. The summed E-state index contributed by atoms with van der Waals surface area (Å²) in [4.78, 5) is 0. The van der Waals surface area contributed by atoms with Crippen molar-refractivity contribution in [2.75, 3.05) is 79.3 Å². The fourth-order valence-corrected chi connectivity index (χ4v) is 18.3. The van der Waals surface area contributed by atoms with Gasteiger partial charge in [0.05, 0.1) is 79.3 Å². The fraction of sp³-hybridized carbons (Fsp3) is 1.00. The zero-order chi connectivity index (χ0) is 99.1. The van der Waals surface area contributed by atoms with Crippen LogP contribution in [0.15, 0.2) is 0 Å². The van der Waals surface area contributed by atoms with Crippen molar-refractivity contribution in [1.29, 1.82) is 0 Å². The second kappa shape index (κ2) is 48.0. The first-order valence-corrected chi connectivity index (χ1v) is 43.8. The molecule has 0 radical (unpaired) electrons. The first kappa shape index (κ1) is 111. The van der Waals surface area contributed by atoms with Crippen molar-refractivity contribution >= 4 is 0 Å². The van der Waals surface area contributed by atoms with Crippen LogP contribution in [0.25, 0.3) is 0 Å². The van der Waals surface area contributed by atoms with Gasteiger partial charge < -0.3 is 302 Å². The van der Waals surface area contributed by atoms with Crippen LogP contribution in [0.1, 0.15) is 13.3 Å². The van der Waals surface area contributed by atoms with Crippen LogP contribution in [0, 0.1) is 0 Å². The Balaban J connectivity index is 0.000000230. The molecule has 0 aromatic carbocycles. The lowest BCUT2D eigenvalue weighted by Crippen LogP contribution is -2.69. The van der Waals surface area contributed by atoms with Crippen molar-refractivity contribution in [3.05, 3.63) is 0 Å². The number of aliphatic hydroxyl groups excluding tert-OH is 36. The number of hydrogen-bond acceptors (Lipinski definition) is 61. The molecule has 136 heavy (non-hydrogen) atoms. The highest BCUT2D eigenvalue weighted by Crippen LogP contribution is 2.44. The Bertz CT molecular complexity index is 3270. The maximum absolute atomic E-state index is 11.7. The van der Waals surface area contributed by atoms with Gasteiger partial charge in [0, 0.05) is 0 Å². The Hall–Kier alpha value is -2.44. The lowest BCUT2D eigenvalue weighted by molar-refractivity contribution is -0.407. The lowest BCUT2D eigenvalue weighted by atomic mass is 9.94. The summed E-state index contributed by atoms with van der Waals surface area (Å²) in [6, 6.07) is 0. The topological polar surface area (TPSA) is 959 Å². The zero-order valence-corrected chi connectivity index (χ0v) is 71.7. The molecule has 792 valence electrons. The molecule has 44 saturated heterocycles. The minimum atomic E-state index is -2.16. The number of hydrogen-bond donors (Lipinski definition) is 36. The summed E-state index contributed by atoms with van der Waals surface area (Å²) >= 11 is 0. The number of ether oxygens (including phenoxy) is 25. The van der Waals surface area contributed by atoms with Crippen LogP contribution in [-0.2, 0) is 118 Å². The molecule has 44 rings (SSSR count). The van der Waals surface area contributed by atoms with E-state index >= 15 is 0 Å². The SMILES string of the molecule is CCC(O)O[C@@H]1[C@@H](O)[C@H]2O[C@H]3[C@H](O)[C@@H](O)[C@@H](O[C@H]4[C@H](O)[C@@H](O)[C@@H](O[C@H]5[C@H](O)[C@@H](O)[C@@H](O[C@H]6[C@H](O)[C@@H](O)[C@@H](O[C@H]7[C@H](O)[C@@H](O)[C@@H](O[C@H]1[C@@H](CO)O2)O[C@@H]7CO)O[C@@H]6CO)O[C@@H]5CO)O[C@@H]4CO)O[C@@H]3CO.OC[C@H]1O[C@@H]2O[C@H]3[C@H](O)[C@@H](O)[C@@H](O[C@H]4[C@H](O)[C@@H](O)[C@@H](O[C@H]5[C@H](O)[C@@H](O)[C@@H](O[C@H]6[C@H](O)[C@@H](O)[C@@H](O[C@H]7[C@H](O)[C@@H](O)[C@@H](O[C@H]1[C@H](O)[C@H]2O)O[C@@H]7CO)O[C@@H]6CO)O[C@@H]5CO)O[C@@H]4CO)O[C@@H]3CO. The molecule has 24 bridgehead atoms. The van der Waals surface area contributed by atoms with Crippen LogP contribution >= 0.6 is 0 Å². The van der Waals surface area contributed by atoms with Crippen LogP contribution in [0.2, 0.25) is 0 Å². The van der Waals surface area contributed by atoms with Gasteiger partial charge in [-0.3, -0.25) is 0 Å². The molecule has 0 aliphatic carbocycles. The summed E-state index contributed by atoms with van der Waals surface area (Å²) in [6.45, 7) is -10.5. The van der Waals surface area contributed by atoms with Gasteiger partial charge in [0.15, 0.2) is 81.8 Å². The van der Waals surface area contributed by atoms with Gasteiger partial charge in [-0.05, 0) is 6.42 Å². The van der Waals surface area contributed by atoms with Crippen LogP contribution in [0.3, 0.4) is 0 Å². The largest absolute Gasteiger partial charge is 0.394 e. The van der Waals surface area contributed by atoms with Crippen LogP contribution < -0.4 is 0 Å². The first-order valence-electron chi connectivity index (χ1n) is 43.8. The van der Waals surface area contributed by atoms with E-state index in [0.717, 1.165) is 0 Å². The highest BCUT2D eigenvalue weighted by molar-refractivity contribution is 5.06. The summed E-state index contributed by atoms with van der Waals surface area (Å²) in [5, 5.41) is 393. The van der Waals surface area contributed by atoms with E-state index in [0.29, 0.717) is 0 Å². The molecule has 1 unspecified atom stereocenters. The predicted octanol–water partition coefficient (Wildman–Crippen LogP) is -25.4. The van der Waals surface area contributed by atoms with E-state index in [1.54, 1.807) is 0 Å². The molecule has 0 aromatic heterocycles. The van der Waals surface area contributed by atoms with Crippen molar-refractivity contribution in [3.8, 4) is 0 Å². The number of aliphatic hydroxyl groups is 36. The quantitative estimate of drug-likeness (QED) is 0.0677. The van der Waals surface area contributed by atoms with Gasteiger partial charge in [0.25, 0.3) is 0 Å². The molecular formula is C75H126O61. The Kier molecular flexibility index (Phi) is 39.1. The van der Waals surface area contributed by atoms with Crippen molar-refractivity contribution in [2.45, 2.75) is 388 Å². The lowest BCUT2D eigenvalue weighted by Gasteiger charge is -2.51. The molecule has 36 N–H and O–H groups in total. The molecule has 0 saturated carbocycles. The van der Waals surface area contributed by atoms with E-state index in [2.05, 4.69) is 0 Å². The molecule has 44 aliphatic rings. The molecule has 0 amide bonds. The Morgan fingerprint density at radius 3 is 0.368 bits per heavy atom. The smallest absolute Gasteiger partial charge is 0.187 e. The maximum atomic E-state index is 11.7. The molecule has 0 aromatic rings. The van der Waals surface area contributed by atoms with E-state index in [9.17, 15) is 184 Å².